The van der Waals surface area contributed by atoms with E-state index in [1.807, 2.05) is 82.4 Å². The molecule has 388 valence electrons. The van der Waals surface area contributed by atoms with Gasteiger partial charge in [0.15, 0.2) is 24.5 Å². The normalized spacial score (nSPS) is 36.3. The molecule has 0 radical (unpaired) electrons. The number of aldehydes is 1. The Hall–Kier alpha value is -4.43. The molecule has 17 heteroatoms. The Bertz CT molecular complexity index is 2110. The van der Waals surface area contributed by atoms with E-state index in [1.54, 1.807) is 33.1 Å². The molecule has 5 rings (SSSR count). The van der Waals surface area contributed by atoms with Gasteiger partial charge in [-0.3, -0.25) is 24.3 Å². The molecule has 0 amide bonds. The van der Waals surface area contributed by atoms with Gasteiger partial charge in [-0.2, -0.15) is 0 Å². The first kappa shape index (κ1) is 56.5. The number of carbonyl (C=O) groups excluding carboxylic acids is 4. The van der Waals surface area contributed by atoms with Crippen LogP contribution in [0.4, 0.5) is 0 Å². The van der Waals surface area contributed by atoms with Gasteiger partial charge in [-0.25, -0.2) is 0 Å². The molecule has 2 saturated heterocycles. The van der Waals surface area contributed by atoms with Crippen molar-refractivity contribution in [2.75, 3.05) is 34.9 Å². The standard InChI is InChI=1S/C53H76N2O15/c1-12-43-39(29-65-52-51(63-11)50(62-10)46(61)33(5)66-52)24-30(2)19-20-41(58)31(3)25-38(21-22-56)47(32(4)42(59)27-44(60)69-43)70-53-49(68-35(7)57)45(55(8)9)48(34(6)67-53)64-23-15-16-36-26-37-17-13-14-18-40(37)54-28-36/h13-15,17-20,22-24,26,28,31-34,38-39,42-43,45-53,59,61H,12,16,21,25,27,29H2,1-11H3/b20-19+,23-15-,30-24+/t31-,32+,33-,34-,38+,39-,42-,43-,45+,46-,47-,48-,49-,50-,51-,52-,53+/m1/s1. The van der Waals surface area contributed by atoms with E-state index in [2.05, 4.69) is 11.1 Å². The summed E-state index contributed by atoms with van der Waals surface area (Å²) in [6.45, 7) is 12.0. The van der Waals surface area contributed by atoms with Gasteiger partial charge in [0, 0.05) is 56.9 Å². The highest BCUT2D eigenvalue weighted by atomic mass is 16.7. The van der Waals surface area contributed by atoms with Crippen LogP contribution in [-0.4, -0.2) is 159 Å². The molecular weight excluding hydrogens is 905 g/mol. The molecule has 0 saturated carbocycles. The summed E-state index contributed by atoms with van der Waals surface area (Å²) in [5.74, 6) is -4.14. The molecule has 1 aromatic heterocycles. The minimum Gasteiger partial charge on any atom is -0.494 e. The number of allylic oxidation sites excluding steroid dienone is 4. The first-order valence-electron chi connectivity index (χ1n) is 24.4. The fourth-order valence-corrected chi connectivity index (χ4v) is 9.78. The number of rotatable bonds is 16. The molecule has 1 aromatic carbocycles. The van der Waals surface area contributed by atoms with Crippen molar-refractivity contribution in [3.05, 3.63) is 78.2 Å². The van der Waals surface area contributed by atoms with Gasteiger partial charge in [0.2, 0.25) is 0 Å². The van der Waals surface area contributed by atoms with E-state index in [1.165, 1.54) is 27.2 Å². The van der Waals surface area contributed by atoms with Gasteiger partial charge in [-0.1, -0.05) is 56.7 Å². The average molecular weight is 981 g/mol. The summed E-state index contributed by atoms with van der Waals surface area (Å²) < 4.78 is 55.4. The second-order valence-electron chi connectivity index (χ2n) is 19.2. The van der Waals surface area contributed by atoms with Crippen molar-refractivity contribution in [3.8, 4) is 0 Å². The zero-order valence-corrected chi connectivity index (χ0v) is 42.6. The van der Waals surface area contributed by atoms with E-state index >= 15 is 0 Å². The molecule has 3 aliphatic heterocycles. The summed E-state index contributed by atoms with van der Waals surface area (Å²) in [6.07, 6.45) is 0.963. The van der Waals surface area contributed by atoms with E-state index in [9.17, 15) is 29.4 Å². The van der Waals surface area contributed by atoms with Gasteiger partial charge in [-0.05, 0) is 89.9 Å². The van der Waals surface area contributed by atoms with Crippen molar-refractivity contribution in [1.29, 1.82) is 0 Å². The van der Waals surface area contributed by atoms with Crippen molar-refractivity contribution in [1.82, 2.24) is 9.88 Å². The summed E-state index contributed by atoms with van der Waals surface area (Å²) in [5.41, 5.74) is 2.59. The number of benzene rings is 1. The topological polar surface area (TPSA) is 208 Å². The van der Waals surface area contributed by atoms with Gasteiger partial charge < -0.3 is 57.6 Å². The SMILES string of the molecule is CC[C@H]1OC(=O)C[C@@H](O)[C@H](C)[C@@H](O[C@@H]2O[C@H](C)[C@@H](O/C=C\Cc3cnc4ccccc4c3)[C@H](N(C)C)[C@H]2OC(C)=O)[C@@H](CC=O)C[C@@H](C)C(=O)/C=C/C(C)=C/[C@@H]1CO[C@@H]1O[C@H](C)[C@@H](O)[C@@H](OC)[C@H]1OC. The van der Waals surface area contributed by atoms with Crippen LogP contribution in [0.2, 0.25) is 0 Å². The lowest BCUT2D eigenvalue weighted by atomic mass is 9.79. The van der Waals surface area contributed by atoms with E-state index in [4.69, 9.17) is 42.6 Å². The van der Waals surface area contributed by atoms with Gasteiger partial charge in [-0.15, -0.1) is 0 Å². The Balaban J connectivity index is 1.41. The number of ketones is 1. The number of aromatic nitrogens is 1. The number of para-hydroxylation sites is 1. The predicted octanol–water partition coefficient (Wildman–Crippen LogP) is 5.46. The molecule has 3 aliphatic rings. The number of likely N-dealkylation sites (N-methyl/N-ethyl adjacent to an activating group) is 1. The van der Waals surface area contributed by atoms with Gasteiger partial charge in [0.05, 0.1) is 55.3 Å². The number of pyridine rings is 1. The average Bonchev–Trinajstić information content (AvgIpc) is 3.32. The molecule has 70 heavy (non-hydrogen) atoms. The van der Waals surface area contributed by atoms with Crippen molar-refractivity contribution in [2.45, 2.75) is 160 Å². The molecule has 0 unspecified atom stereocenters. The fourth-order valence-electron chi connectivity index (χ4n) is 9.78. The van der Waals surface area contributed by atoms with E-state index in [-0.39, 0.29) is 25.2 Å². The third-order valence-corrected chi connectivity index (χ3v) is 13.7. The van der Waals surface area contributed by atoms with Crippen molar-refractivity contribution in [2.24, 2.45) is 23.7 Å². The third kappa shape index (κ3) is 14.8. The molecule has 0 aliphatic carbocycles. The maximum absolute atomic E-state index is 13.9. The number of aliphatic hydroxyl groups excluding tert-OH is 2. The number of aliphatic hydroxyl groups is 2. The molecule has 2 fully saturated rings. The van der Waals surface area contributed by atoms with Crippen LogP contribution in [-0.2, 0) is 68.2 Å². The third-order valence-electron chi connectivity index (χ3n) is 13.7. The van der Waals surface area contributed by atoms with Gasteiger partial charge in [0.25, 0.3) is 0 Å². The number of fused-ring (bicyclic) bond motifs is 1. The summed E-state index contributed by atoms with van der Waals surface area (Å²) in [4.78, 5) is 59.5. The van der Waals surface area contributed by atoms with Crippen LogP contribution in [0.3, 0.4) is 0 Å². The number of nitrogens with zero attached hydrogens (tertiary/aromatic N) is 2. The number of esters is 2. The summed E-state index contributed by atoms with van der Waals surface area (Å²) in [5, 5.41) is 23.7. The Labute approximate surface area is 412 Å². The highest BCUT2D eigenvalue weighted by Crippen LogP contribution is 2.36. The Morgan fingerprint density at radius 1 is 0.943 bits per heavy atom. The van der Waals surface area contributed by atoms with Crippen LogP contribution in [0.25, 0.3) is 10.9 Å². The lowest BCUT2D eigenvalue weighted by molar-refractivity contribution is -0.307. The van der Waals surface area contributed by atoms with E-state index < -0.39 is 122 Å². The first-order chi connectivity index (χ1) is 33.4. The Morgan fingerprint density at radius 3 is 2.33 bits per heavy atom. The summed E-state index contributed by atoms with van der Waals surface area (Å²) >= 11 is 0. The first-order valence-corrected chi connectivity index (χ1v) is 24.4. The second-order valence-corrected chi connectivity index (χ2v) is 19.2. The number of carbonyl (C=O) groups is 4. The number of hydrogen-bond donors (Lipinski definition) is 2. The Morgan fingerprint density at radius 2 is 1.66 bits per heavy atom. The second kappa shape index (κ2) is 26.9. The molecule has 17 nitrogen and oxygen atoms in total. The predicted molar refractivity (Wildman–Crippen MR) is 259 cm³/mol. The lowest BCUT2D eigenvalue weighted by Gasteiger charge is -2.48. The molecule has 17 atom stereocenters. The minimum absolute atomic E-state index is 0.00415. The van der Waals surface area contributed by atoms with Crippen molar-refractivity contribution in [3.63, 3.8) is 0 Å². The monoisotopic (exact) mass is 981 g/mol. The molecular formula is C53H76N2O15. The van der Waals surface area contributed by atoms with Crippen LogP contribution in [0, 0.1) is 23.7 Å². The zero-order chi connectivity index (χ0) is 51.2. The minimum atomic E-state index is -1.36. The fraction of sp³-hybridized carbons (Fsp3) is 0.642. The number of ether oxygens (including phenoxy) is 9. The van der Waals surface area contributed by atoms with Crippen LogP contribution < -0.4 is 0 Å². The van der Waals surface area contributed by atoms with Crippen LogP contribution >= 0.6 is 0 Å². The van der Waals surface area contributed by atoms with Crippen LogP contribution in [0.15, 0.2) is 72.7 Å². The highest BCUT2D eigenvalue weighted by molar-refractivity contribution is 5.91. The number of methoxy groups -OCH3 is 2. The van der Waals surface area contributed by atoms with Crippen LogP contribution in [0.1, 0.15) is 79.7 Å². The largest absolute Gasteiger partial charge is 0.494 e. The molecule has 2 aromatic rings. The summed E-state index contributed by atoms with van der Waals surface area (Å²) in [7, 11) is 6.60. The van der Waals surface area contributed by atoms with Crippen LogP contribution in [0.5, 0.6) is 0 Å². The number of hydrogen-bond acceptors (Lipinski definition) is 17. The maximum atomic E-state index is 13.9. The highest BCUT2D eigenvalue weighted by Gasteiger charge is 2.51. The number of cyclic esters (lactones) is 1. The van der Waals surface area contributed by atoms with Gasteiger partial charge in [0.1, 0.15) is 36.8 Å². The Kier molecular flexibility index (Phi) is 21.7. The smallest absolute Gasteiger partial charge is 0.308 e. The van der Waals surface area contributed by atoms with Crippen molar-refractivity contribution >= 4 is 34.9 Å². The maximum Gasteiger partial charge on any atom is 0.308 e. The van der Waals surface area contributed by atoms with Gasteiger partial charge >= 0.3 is 11.9 Å². The zero-order valence-electron chi connectivity index (χ0n) is 42.6. The lowest BCUT2D eigenvalue weighted by Crippen LogP contribution is -2.64. The molecule has 0 spiro atoms. The quantitative estimate of drug-likeness (QED) is 0.122. The molecule has 2 N–H and O–H groups in total. The molecule has 0 bridgehead atoms. The summed E-state index contributed by atoms with van der Waals surface area (Å²) in [6, 6.07) is 9.34. The molecule has 4 heterocycles. The van der Waals surface area contributed by atoms with E-state index in [0.29, 0.717) is 18.4 Å². The van der Waals surface area contributed by atoms with E-state index in [0.717, 1.165) is 22.8 Å². The van der Waals surface area contributed by atoms with Crippen molar-refractivity contribution < 1.29 is 72.0 Å².